The first-order chi connectivity index (χ1) is 14.6. The molecule has 0 bridgehead atoms. The van der Waals surface area contributed by atoms with E-state index in [0.29, 0.717) is 38.4 Å². The van der Waals surface area contributed by atoms with E-state index in [-0.39, 0.29) is 29.8 Å². The van der Waals surface area contributed by atoms with E-state index in [1.807, 2.05) is 30.1 Å². The van der Waals surface area contributed by atoms with Crippen molar-refractivity contribution in [2.24, 2.45) is 5.92 Å². The van der Waals surface area contributed by atoms with Gasteiger partial charge in [0, 0.05) is 50.4 Å². The minimum absolute atomic E-state index is 0.0196. The molecule has 3 aliphatic rings. The molecule has 0 spiro atoms. The van der Waals surface area contributed by atoms with Gasteiger partial charge in [-0.2, -0.15) is 13.2 Å². The van der Waals surface area contributed by atoms with Gasteiger partial charge in [0.2, 0.25) is 11.8 Å². The first-order valence-electron chi connectivity index (χ1n) is 10.2. The highest BCUT2D eigenvalue weighted by molar-refractivity contribution is 5.81. The first-order valence-corrected chi connectivity index (χ1v) is 10.2. The van der Waals surface area contributed by atoms with Crippen LogP contribution in [0.2, 0.25) is 0 Å². The van der Waals surface area contributed by atoms with Crippen molar-refractivity contribution in [2.75, 3.05) is 37.6 Å². The summed E-state index contributed by atoms with van der Waals surface area (Å²) in [6, 6.07) is 2.38. The highest BCUT2D eigenvalue weighted by Gasteiger charge is 2.41. The van der Waals surface area contributed by atoms with Gasteiger partial charge in [-0.15, -0.1) is 0 Å². The van der Waals surface area contributed by atoms with Crippen LogP contribution in [0.3, 0.4) is 0 Å². The molecule has 1 unspecified atom stereocenters. The molecule has 31 heavy (non-hydrogen) atoms. The van der Waals surface area contributed by atoms with Crippen LogP contribution in [0.25, 0.3) is 0 Å². The van der Waals surface area contributed by atoms with Crippen LogP contribution < -0.4 is 15.5 Å². The molecule has 2 saturated heterocycles. The van der Waals surface area contributed by atoms with Crippen LogP contribution in [0.5, 0.6) is 0 Å². The Hall–Kier alpha value is -3.04. The molecule has 0 saturated carbocycles. The van der Waals surface area contributed by atoms with Gasteiger partial charge in [0.25, 0.3) is 0 Å². The molecule has 1 aromatic rings. The number of carbonyl (C=O) groups is 2. The van der Waals surface area contributed by atoms with Gasteiger partial charge in [-0.1, -0.05) is 12.2 Å². The summed E-state index contributed by atoms with van der Waals surface area (Å²) < 4.78 is 38.0. The minimum atomic E-state index is -4.41. The molecular weight excluding hydrogens is 411 g/mol. The molecule has 1 aliphatic carbocycles. The smallest absolute Gasteiger partial charge is 0.376 e. The maximum Gasteiger partial charge on any atom is 0.417 e. The van der Waals surface area contributed by atoms with Crippen molar-refractivity contribution >= 4 is 17.6 Å². The van der Waals surface area contributed by atoms with Crippen LogP contribution >= 0.6 is 0 Å². The summed E-state index contributed by atoms with van der Waals surface area (Å²) in [5.74, 6) is 0.496. The summed E-state index contributed by atoms with van der Waals surface area (Å²) in [7, 11) is 0. The fourth-order valence-corrected chi connectivity index (χ4v) is 4.12. The predicted molar refractivity (Wildman–Crippen MR) is 108 cm³/mol. The fourth-order valence-electron chi connectivity index (χ4n) is 4.12. The number of rotatable bonds is 4. The molecule has 0 aromatic carbocycles. The van der Waals surface area contributed by atoms with Crippen LogP contribution in [-0.2, 0) is 15.8 Å². The lowest BCUT2D eigenvalue weighted by atomic mass is 9.83. The Morgan fingerprint density at radius 2 is 2.03 bits per heavy atom. The summed E-state index contributed by atoms with van der Waals surface area (Å²) in [5, 5.41) is 6.10. The van der Waals surface area contributed by atoms with Gasteiger partial charge in [0.1, 0.15) is 5.82 Å². The summed E-state index contributed by atoms with van der Waals surface area (Å²) in [4.78, 5) is 31.8. The second-order valence-corrected chi connectivity index (χ2v) is 8.22. The van der Waals surface area contributed by atoms with E-state index in [9.17, 15) is 22.8 Å². The van der Waals surface area contributed by atoms with Gasteiger partial charge in [-0.3, -0.25) is 9.59 Å². The quantitative estimate of drug-likeness (QED) is 0.753. The number of piperazine rings is 1. The molecule has 2 N–H and O–H groups in total. The second-order valence-electron chi connectivity index (χ2n) is 8.22. The number of carbonyl (C=O) groups excluding carboxylic acids is 2. The SMILES string of the molecule is C[C@]12C=CC(NCC(=O)N3CCN(c4ccc(C(F)(F)F)cn4)CC3)=CC1CC(=O)N2. The van der Waals surface area contributed by atoms with Crippen molar-refractivity contribution in [3.05, 3.63) is 47.8 Å². The summed E-state index contributed by atoms with van der Waals surface area (Å²) in [6.07, 6.45) is 2.67. The Bertz CT molecular complexity index is 920. The Morgan fingerprint density at radius 3 is 2.68 bits per heavy atom. The van der Waals surface area contributed by atoms with E-state index in [2.05, 4.69) is 15.6 Å². The number of fused-ring (bicyclic) bond motifs is 1. The number of nitrogens with one attached hydrogen (secondary N) is 2. The van der Waals surface area contributed by atoms with Gasteiger partial charge in [0.05, 0.1) is 17.6 Å². The number of nitrogens with zero attached hydrogens (tertiary/aromatic N) is 3. The van der Waals surface area contributed by atoms with E-state index in [1.54, 1.807) is 4.90 Å². The number of amides is 2. The third kappa shape index (κ3) is 4.52. The Kier molecular flexibility index (Phi) is 5.40. The minimum Gasteiger partial charge on any atom is -0.376 e. The van der Waals surface area contributed by atoms with Crippen LogP contribution in [0, 0.1) is 5.92 Å². The normalized spacial score (nSPS) is 25.7. The van der Waals surface area contributed by atoms with Crippen molar-refractivity contribution in [3.63, 3.8) is 0 Å². The standard InChI is InChI=1S/C21H24F3N5O2/c1-20-5-4-16(10-15(20)11-18(30)27-20)25-13-19(31)29-8-6-28(7-9-29)17-3-2-14(12-26-17)21(22,23)24/h2-5,10,12,15,25H,6-9,11,13H2,1H3,(H,27,30)/t15?,20-/m0/s1. The molecule has 7 nitrogen and oxygen atoms in total. The predicted octanol–water partition coefficient (Wildman–Crippen LogP) is 1.69. The van der Waals surface area contributed by atoms with E-state index in [1.165, 1.54) is 6.07 Å². The average Bonchev–Trinajstić information content (AvgIpc) is 3.04. The largest absolute Gasteiger partial charge is 0.417 e. The zero-order chi connectivity index (χ0) is 22.2. The van der Waals surface area contributed by atoms with Gasteiger partial charge in [0.15, 0.2) is 0 Å². The molecule has 2 aliphatic heterocycles. The van der Waals surface area contributed by atoms with Gasteiger partial charge < -0.3 is 20.4 Å². The Morgan fingerprint density at radius 1 is 1.29 bits per heavy atom. The Labute approximate surface area is 178 Å². The van der Waals surface area contributed by atoms with Crippen molar-refractivity contribution < 1.29 is 22.8 Å². The van der Waals surface area contributed by atoms with Crippen LogP contribution in [-0.4, -0.2) is 60.0 Å². The topological polar surface area (TPSA) is 77.6 Å². The fraction of sp³-hybridized carbons (Fsp3) is 0.476. The van der Waals surface area contributed by atoms with Crippen LogP contribution in [0.4, 0.5) is 19.0 Å². The molecule has 1 aromatic heterocycles. The number of alkyl halides is 3. The zero-order valence-electron chi connectivity index (χ0n) is 17.1. The molecule has 2 fully saturated rings. The van der Waals surface area contributed by atoms with E-state index < -0.39 is 11.7 Å². The molecular formula is C21H24F3N5O2. The molecule has 3 heterocycles. The third-order valence-electron chi connectivity index (χ3n) is 6.05. The summed E-state index contributed by atoms with van der Waals surface area (Å²) in [5.41, 5.74) is -0.324. The third-order valence-corrected chi connectivity index (χ3v) is 6.05. The number of anilines is 1. The molecule has 4 rings (SSSR count). The number of hydrogen-bond donors (Lipinski definition) is 2. The van der Waals surface area contributed by atoms with Crippen LogP contribution in [0.15, 0.2) is 42.3 Å². The van der Waals surface area contributed by atoms with Crippen LogP contribution in [0.1, 0.15) is 18.9 Å². The van der Waals surface area contributed by atoms with Gasteiger partial charge in [-0.25, -0.2) is 4.98 Å². The summed E-state index contributed by atoms with van der Waals surface area (Å²) >= 11 is 0. The van der Waals surface area contributed by atoms with Crippen molar-refractivity contribution in [1.82, 2.24) is 20.5 Å². The monoisotopic (exact) mass is 435 g/mol. The van der Waals surface area contributed by atoms with Gasteiger partial charge >= 0.3 is 6.18 Å². The molecule has 2 amide bonds. The number of halogens is 3. The molecule has 10 heteroatoms. The number of hydrogen-bond acceptors (Lipinski definition) is 5. The summed E-state index contributed by atoms with van der Waals surface area (Å²) in [6.45, 7) is 4.05. The Balaban J connectivity index is 1.26. The number of pyridine rings is 1. The van der Waals surface area contributed by atoms with Crippen molar-refractivity contribution in [2.45, 2.75) is 25.1 Å². The lowest BCUT2D eigenvalue weighted by molar-refractivity contribution is -0.138. The van der Waals surface area contributed by atoms with E-state index in [4.69, 9.17) is 0 Å². The molecule has 2 atom stereocenters. The second kappa shape index (κ2) is 7.90. The average molecular weight is 435 g/mol. The number of aromatic nitrogens is 1. The van der Waals surface area contributed by atoms with Gasteiger partial charge in [-0.05, 0) is 25.1 Å². The first kappa shape index (κ1) is 21.2. The maximum atomic E-state index is 12.7. The van der Waals surface area contributed by atoms with E-state index >= 15 is 0 Å². The van der Waals surface area contributed by atoms with Crippen molar-refractivity contribution in [3.8, 4) is 0 Å². The molecule has 166 valence electrons. The van der Waals surface area contributed by atoms with Crippen molar-refractivity contribution in [1.29, 1.82) is 0 Å². The highest BCUT2D eigenvalue weighted by atomic mass is 19.4. The molecule has 0 radical (unpaired) electrons. The lowest BCUT2D eigenvalue weighted by Crippen LogP contribution is -2.51. The highest BCUT2D eigenvalue weighted by Crippen LogP contribution is 2.33. The zero-order valence-corrected chi connectivity index (χ0v) is 17.1. The maximum absolute atomic E-state index is 12.7. The lowest BCUT2D eigenvalue weighted by Gasteiger charge is -2.35. The van der Waals surface area contributed by atoms with E-state index in [0.717, 1.165) is 18.0 Å². The number of allylic oxidation sites excluding steroid dienone is 1.